The van der Waals surface area contributed by atoms with Crippen molar-refractivity contribution in [2.45, 2.75) is 6.54 Å². The van der Waals surface area contributed by atoms with Gasteiger partial charge in [0.25, 0.3) is 17.1 Å². The number of ether oxygens (including phenoxy) is 2. The second kappa shape index (κ2) is 12.2. The maximum absolute atomic E-state index is 12.9. The molecule has 3 aromatic rings. The fourth-order valence-corrected chi connectivity index (χ4v) is 5.07. The monoisotopic (exact) mass is 664 g/mol. The first kappa shape index (κ1) is 27.3. The topological polar surface area (TPSA) is 84.9 Å². The molecule has 0 aliphatic carbocycles. The van der Waals surface area contributed by atoms with E-state index in [-0.39, 0.29) is 30.2 Å². The van der Waals surface area contributed by atoms with Gasteiger partial charge in [-0.1, -0.05) is 51.8 Å². The van der Waals surface area contributed by atoms with E-state index in [9.17, 15) is 14.4 Å². The first-order chi connectivity index (χ1) is 17.7. The number of methoxy groups -OCH3 is 1. The minimum Gasteiger partial charge on any atom is -0.493 e. The van der Waals surface area contributed by atoms with Crippen LogP contribution in [0.25, 0.3) is 6.08 Å². The number of carbonyl (C=O) groups is 3. The number of carbonyl (C=O) groups excluding carboxylic acids is 3. The number of imide groups is 1. The predicted molar refractivity (Wildman–Crippen MR) is 152 cm³/mol. The van der Waals surface area contributed by atoms with Crippen LogP contribution in [0.4, 0.5) is 10.5 Å². The lowest BCUT2D eigenvalue weighted by Crippen LogP contribution is -2.27. The summed E-state index contributed by atoms with van der Waals surface area (Å²) in [6.45, 7) is -0.0780. The van der Waals surface area contributed by atoms with Crippen LogP contribution in [0.3, 0.4) is 0 Å². The van der Waals surface area contributed by atoms with Crippen LogP contribution in [-0.2, 0) is 16.1 Å². The summed E-state index contributed by atoms with van der Waals surface area (Å²) in [4.78, 5) is 39.3. The molecule has 0 aromatic heterocycles. The van der Waals surface area contributed by atoms with Gasteiger partial charge in [0.05, 0.1) is 23.6 Å². The SMILES string of the molecule is COc1cc(/C=C2\SC(=O)N(Cc3ccccc3Br)C2=O)ccc1OCC(=O)Nc1ccc(Br)c(Cl)c1. The predicted octanol–water partition coefficient (Wildman–Crippen LogP) is 7.13. The zero-order valence-electron chi connectivity index (χ0n) is 19.3. The summed E-state index contributed by atoms with van der Waals surface area (Å²) in [5.41, 5.74) is 2.02. The Morgan fingerprint density at radius 2 is 1.84 bits per heavy atom. The van der Waals surface area contributed by atoms with Crippen LogP contribution in [0.5, 0.6) is 11.5 Å². The van der Waals surface area contributed by atoms with Gasteiger partial charge < -0.3 is 14.8 Å². The molecule has 1 aliphatic heterocycles. The number of hydrogen-bond donors (Lipinski definition) is 1. The lowest BCUT2D eigenvalue weighted by atomic mass is 10.1. The molecule has 7 nitrogen and oxygen atoms in total. The van der Waals surface area contributed by atoms with E-state index in [4.69, 9.17) is 21.1 Å². The molecule has 0 radical (unpaired) electrons. The molecule has 3 aromatic carbocycles. The van der Waals surface area contributed by atoms with Crippen LogP contribution in [0.15, 0.2) is 74.5 Å². The van der Waals surface area contributed by atoms with Gasteiger partial charge in [-0.05, 0) is 81.3 Å². The number of hydrogen-bond acceptors (Lipinski definition) is 6. The summed E-state index contributed by atoms with van der Waals surface area (Å²) in [7, 11) is 1.47. The van der Waals surface area contributed by atoms with Gasteiger partial charge in [-0.25, -0.2) is 0 Å². The molecule has 1 heterocycles. The van der Waals surface area contributed by atoms with E-state index < -0.39 is 0 Å². The number of benzene rings is 3. The van der Waals surface area contributed by atoms with E-state index in [1.807, 2.05) is 24.3 Å². The highest BCUT2D eigenvalue weighted by Crippen LogP contribution is 2.36. The van der Waals surface area contributed by atoms with Crippen LogP contribution in [0.1, 0.15) is 11.1 Å². The van der Waals surface area contributed by atoms with Crippen molar-refractivity contribution in [3.05, 3.63) is 90.7 Å². The molecule has 11 heteroatoms. The minimum absolute atomic E-state index is 0.175. The molecule has 0 atom stereocenters. The van der Waals surface area contributed by atoms with Crippen molar-refractivity contribution >= 4 is 84.0 Å². The molecule has 0 spiro atoms. The van der Waals surface area contributed by atoms with Crippen LogP contribution in [0.2, 0.25) is 5.02 Å². The minimum atomic E-state index is -0.372. The van der Waals surface area contributed by atoms with Gasteiger partial charge in [0.2, 0.25) is 0 Å². The van der Waals surface area contributed by atoms with Crippen molar-refractivity contribution in [1.29, 1.82) is 0 Å². The molecule has 1 fully saturated rings. The summed E-state index contributed by atoms with van der Waals surface area (Å²) in [6.07, 6.45) is 1.63. The van der Waals surface area contributed by atoms with E-state index in [0.717, 1.165) is 26.3 Å². The second-order valence-electron chi connectivity index (χ2n) is 7.74. The van der Waals surface area contributed by atoms with Gasteiger partial charge in [-0.15, -0.1) is 0 Å². The number of amides is 3. The highest BCUT2D eigenvalue weighted by Gasteiger charge is 2.35. The van der Waals surface area contributed by atoms with Crippen LogP contribution in [0, 0.1) is 0 Å². The normalized spacial score (nSPS) is 14.3. The van der Waals surface area contributed by atoms with Crippen LogP contribution >= 0.6 is 55.2 Å². The van der Waals surface area contributed by atoms with Gasteiger partial charge in [-0.3, -0.25) is 19.3 Å². The fourth-order valence-electron chi connectivity index (χ4n) is 3.39. The molecule has 0 unspecified atom stereocenters. The number of nitrogens with one attached hydrogen (secondary N) is 1. The van der Waals surface area contributed by atoms with Gasteiger partial charge in [-0.2, -0.15) is 0 Å². The fraction of sp³-hybridized carbons (Fsp3) is 0.115. The highest BCUT2D eigenvalue weighted by molar-refractivity contribution is 9.10. The van der Waals surface area contributed by atoms with E-state index in [1.165, 1.54) is 12.0 Å². The molecule has 0 bridgehead atoms. The first-order valence-electron chi connectivity index (χ1n) is 10.8. The largest absolute Gasteiger partial charge is 0.493 e. The van der Waals surface area contributed by atoms with E-state index >= 15 is 0 Å². The van der Waals surface area contributed by atoms with E-state index in [2.05, 4.69) is 37.2 Å². The third kappa shape index (κ3) is 6.75. The Bertz CT molecular complexity index is 1420. The van der Waals surface area contributed by atoms with Crippen molar-refractivity contribution in [1.82, 2.24) is 4.90 Å². The lowest BCUT2D eigenvalue weighted by Gasteiger charge is -2.13. The summed E-state index contributed by atoms with van der Waals surface area (Å²) in [6, 6.07) is 17.5. The Labute approximate surface area is 239 Å². The molecule has 1 aliphatic rings. The van der Waals surface area contributed by atoms with Crippen molar-refractivity contribution < 1.29 is 23.9 Å². The quantitative estimate of drug-likeness (QED) is 0.258. The maximum Gasteiger partial charge on any atom is 0.293 e. The number of rotatable bonds is 8. The van der Waals surface area contributed by atoms with Gasteiger partial charge in [0.1, 0.15) is 0 Å². The molecule has 1 saturated heterocycles. The molecule has 4 rings (SSSR count). The van der Waals surface area contributed by atoms with E-state index in [1.54, 1.807) is 42.5 Å². The van der Waals surface area contributed by atoms with Crippen molar-refractivity contribution in [3.63, 3.8) is 0 Å². The van der Waals surface area contributed by atoms with Gasteiger partial charge in [0.15, 0.2) is 18.1 Å². The zero-order chi connectivity index (χ0) is 26.5. The number of nitrogens with zero attached hydrogens (tertiary/aromatic N) is 1. The Morgan fingerprint density at radius 1 is 1.05 bits per heavy atom. The van der Waals surface area contributed by atoms with Crippen LogP contribution < -0.4 is 14.8 Å². The van der Waals surface area contributed by atoms with E-state index in [0.29, 0.717) is 32.7 Å². The zero-order valence-corrected chi connectivity index (χ0v) is 24.0. The highest BCUT2D eigenvalue weighted by atomic mass is 79.9. The number of thioether (sulfide) groups is 1. The Morgan fingerprint density at radius 3 is 2.57 bits per heavy atom. The standard InChI is InChI=1S/C26H19Br2ClN2O5S/c1-35-22-10-15(6-9-21(22)36-14-24(32)30-17-7-8-19(28)20(29)12-17)11-23-25(33)31(26(34)37-23)13-16-4-2-3-5-18(16)27/h2-12H,13-14H2,1H3,(H,30,32)/b23-11-. The number of anilines is 1. The molecule has 0 saturated carbocycles. The summed E-state index contributed by atoms with van der Waals surface area (Å²) in [5, 5.41) is 2.85. The summed E-state index contributed by atoms with van der Waals surface area (Å²) >= 11 is 13.7. The smallest absolute Gasteiger partial charge is 0.293 e. The average molecular weight is 667 g/mol. The van der Waals surface area contributed by atoms with Crippen molar-refractivity contribution in [3.8, 4) is 11.5 Å². The molecular formula is C26H19Br2ClN2O5S. The summed E-state index contributed by atoms with van der Waals surface area (Å²) in [5.74, 6) is -0.00985. The second-order valence-corrected chi connectivity index (χ2v) is 10.8. The van der Waals surface area contributed by atoms with Crippen molar-refractivity contribution in [2.24, 2.45) is 0 Å². The first-order valence-corrected chi connectivity index (χ1v) is 13.6. The average Bonchev–Trinajstić information content (AvgIpc) is 3.13. The van der Waals surface area contributed by atoms with Gasteiger partial charge >= 0.3 is 0 Å². The molecule has 190 valence electrons. The molecule has 1 N–H and O–H groups in total. The van der Waals surface area contributed by atoms with Crippen LogP contribution in [-0.4, -0.2) is 35.7 Å². The molecule has 3 amide bonds. The Kier molecular flexibility index (Phi) is 8.96. The maximum atomic E-state index is 12.9. The molecular weight excluding hydrogens is 648 g/mol. The van der Waals surface area contributed by atoms with Crippen molar-refractivity contribution in [2.75, 3.05) is 19.0 Å². The Hall–Kier alpha value is -2.79. The Balaban J connectivity index is 1.42. The third-order valence-corrected chi connectivity index (χ3v) is 8.12. The van der Waals surface area contributed by atoms with Gasteiger partial charge in [0, 0.05) is 14.6 Å². The summed E-state index contributed by atoms with van der Waals surface area (Å²) < 4.78 is 12.6. The number of halogens is 3. The third-order valence-electron chi connectivity index (χ3n) is 5.21. The lowest BCUT2D eigenvalue weighted by molar-refractivity contribution is -0.123. The molecule has 37 heavy (non-hydrogen) atoms.